The molecule has 0 radical (unpaired) electrons. The summed E-state index contributed by atoms with van der Waals surface area (Å²) in [5.41, 5.74) is 7.40. The van der Waals surface area contributed by atoms with Crippen LogP contribution in [0.3, 0.4) is 0 Å². The molecule has 0 saturated carbocycles. The van der Waals surface area contributed by atoms with Crippen LogP contribution in [-0.4, -0.2) is 22.5 Å². The molecule has 0 spiro atoms. The SMILES string of the molecule is NCC(C(=O)Nc1cc2c(Cl)cncc2s1)c1ccc(CO)cc1. The van der Waals surface area contributed by atoms with E-state index < -0.39 is 5.92 Å². The number of nitrogens with one attached hydrogen (secondary N) is 1. The van der Waals surface area contributed by atoms with Crippen molar-refractivity contribution in [2.45, 2.75) is 12.5 Å². The van der Waals surface area contributed by atoms with Crippen molar-refractivity contribution in [2.75, 3.05) is 11.9 Å². The summed E-state index contributed by atoms with van der Waals surface area (Å²) in [6, 6.07) is 9.04. The fourth-order valence-electron chi connectivity index (χ4n) is 2.45. The van der Waals surface area contributed by atoms with E-state index in [4.69, 9.17) is 22.4 Å². The molecule has 4 N–H and O–H groups in total. The number of nitrogens with zero attached hydrogens (tertiary/aromatic N) is 1. The lowest BCUT2D eigenvalue weighted by molar-refractivity contribution is -0.117. The van der Waals surface area contributed by atoms with Gasteiger partial charge in [-0.05, 0) is 17.2 Å². The Balaban J connectivity index is 1.81. The van der Waals surface area contributed by atoms with E-state index in [0.717, 1.165) is 21.2 Å². The van der Waals surface area contributed by atoms with E-state index in [9.17, 15) is 4.79 Å². The smallest absolute Gasteiger partial charge is 0.233 e. The van der Waals surface area contributed by atoms with Crippen molar-refractivity contribution >= 4 is 43.9 Å². The molecular formula is C17H16ClN3O2S. The van der Waals surface area contributed by atoms with Crippen LogP contribution in [0.5, 0.6) is 0 Å². The molecule has 1 atom stereocenters. The van der Waals surface area contributed by atoms with Gasteiger partial charge in [-0.2, -0.15) is 0 Å². The number of fused-ring (bicyclic) bond motifs is 1. The second-order valence-electron chi connectivity index (χ2n) is 5.32. The maximum absolute atomic E-state index is 12.6. The number of hydrogen-bond donors (Lipinski definition) is 3. The lowest BCUT2D eigenvalue weighted by atomic mass is 9.97. The average molecular weight is 362 g/mol. The highest BCUT2D eigenvalue weighted by molar-refractivity contribution is 7.23. The van der Waals surface area contributed by atoms with Crippen molar-refractivity contribution < 1.29 is 9.90 Å². The molecule has 24 heavy (non-hydrogen) atoms. The Kier molecular flexibility index (Phi) is 5.11. The Morgan fingerprint density at radius 1 is 1.33 bits per heavy atom. The molecule has 0 bridgehead atoms. The van der Waals surface area contributed by atoms with E-state index in [2.05, 4.69) is 10.3 Å². The van der Waals surface area contributed by atoms with Crippen molar-refractivity contribution in [3.8, 4) is 0 Å². The third-order valence-corrected chi connectivity index (χ3v) is 5.05. The number of aromatic nitrogens is 1. The third kappa shape index (κ3) is 3.42. The Labute approximate surface area is 148 Å². The molecular weight excluding hydrogens is 346 g/mol. The molecule has 1 aromatic carbocycles. The standard InChI is InChI=1S/C17H16ClN3O2S/c18-14-7-20-8-15-12(14)5-16(24-15)21-17(23)13(6-19)11-3-1-10(9-22)2-4-11/h1-5,7-8,13,22H,6,9,19H2,(H,21,23). The van der Waals surface area contributed by atoms with Crippen LogP contribution >= 0.6 is 22.9 Å². The number of pyridine rings is 1. The molecule has 2 aromatic heterocycles. The monoisotopic (exact) mass is 361 g/mol. The van der Waals surface area contributed by atoms with Gasteiger partial charge in [0.2, 0.25) is 5.91 Å². The molecule has 3 rings (SSSR count). The number of rotatable bonds is 5. The lowest BCUT2D eigenvalue weighted by Gasteiger charge is -2.15. The summed E-state index contributed by atoms with van der Waals surface area (Å²) in [4.78, 5) is 16.6. The van der Waals surface area contributed by atoms with E-state index in [1.807, 2.05) is 18.2 Å². The third-order valence-electron chi connectivity index (χ3n) is 3.76. The van der Waals surface area contributed by atoms with Crippen LogP contribution < -0.4 is 11.1 Å². The van der Waals surface area contributed by atoms with Gasteiger partial charge in [-0.15, -0.1) is 11.3 Å². The van der Waals surface area contributed by atoms with Gasteiger partial charge in [0.15, 0.2) is 0 Å². The van der Waals surface area contributed by atoms with Gasteiger partial charge < -0.3 is 16.2 Å². The number of anilines is 1. The number of benzene rings is 1. The minimum Gasteiger partial charge on any atom is -0.392 e. The molecule has 3 aromatic rings. The lowest BCUT2D eigenvalue weighted by Crippen LogP contribution is -2.27. The van der Waals surface area contributed by atoms with Crippen LogP contribution in [0.1, 0.15) is 17.0 Å². The average Bonchev–Trinajstić information content (AvgIpc) is 3.00. The molecule has 1 unspecified atom stereocenters. The number of hydrogen-bond acceptors (Lipinski definition) is 5. The van der Waals surface area contributed by atoms with Crippen molar-refractivity contribution in [2.24, 2.45) is 5.73 Å². The topological polar surface area (TPSA) is 88.2 Å². The van der Waals surface area contributed by atoms with Gasteiger partial charge in [0, 0.05) is 24.3 Å². The van der Waals surface area contributed by atoms with Crippen molar-refractivity contribution in [1.82, 2.24) is 4.98 Å². The normalized spacial score (nSPS) is 12.3. The zero-order valence-electron chi connectivity index (χ0n) is 12.7. The highest BCUT2D eigenvalue weighted by atomic mass is 35.5. The number of thiophene rings is 1. The number of halogens is 1. The first-order chi connectivity index (χ1) is 11.6. The molecule has 0 aliphatic heterocycles. The van der Waals surface area contributed by atoms with E-state index in [1.165, 1.54) is 11.3 Å². The highest BCUT2D eigenvalue weighted by Gasteiger charge is 2.20. The van der Waals surface area contributed by atoms with E-state index in [1.54, 1.807) is 24.5 Å². The Morgan fingerprint density at radius 3 is 2.71 bits per heavy atom. The number of amides is 1. The summed E-state index contributed by atoms with van der Waals surface area (Å²) in [7, 11) is 0. The van der Waals surface area contributed by atoms with E-state index in [0.29, 0.717) is 10.0 Å². The molecule has 0 aliphatic carbocycles. The summed E-state index contributed by atoms with van der Waals surface area (Å²) >= 11 is 7.53. The molecule has 0 fully saturated rings. The number of aliphatic hydroxyl groups excluding tert-OH is 1. The zero-order chi connectivity index (χ0) is 17.1. The number of carbonyl (C=O) groups excluding carboxylic acids is 1. The fourth-order valence-corrected chi connectivity index (χ4v) is 3.67. The van der Waals surface area contributed by atoms with Gasteiger partial charge >= 0.3 is 0 Å². The molecule has 0 saturated heterocycles. The van der Waals surface area contributed by atoms with Crippen LogP contribution in [0.4, 0.5) is 5.00 Å². The first-order valence-corrected chi connectivity index (χ1v) is 8.55. The zero-order valence-corrected chi connectivity index (χ0v) is 14.3. The van der Waals surface area contributed by atoms with E-state index >= 15 is 0 Å². The van der Waals surface area contributed by atoms with E-state index in [-0.39, 0.29) is 19.1 Å². The van der Waals surface area contributed by atoms with Gasteiger partial charge in [0.1, 0.15) is 0 Å². The number of carbonyl (C=O) groups is 1. The molecule has 2 heterocycles. The van der Waals surface area contributed by atoms with Crippen LogP contribution in [0.15, 0.2) is 42.7 Å². The highest BCUT2D eigenvalue weighted by Crippen LogP contribution is 2.34. The Morgan fingerprint density at radius 2 is 2.08 bits per heavy atom. The molecule has 1 amide bonds. The summed E-state index contributed by atoms with van der Waals surface area (Å²) in [5, 5.41) is 14.1. The fraction of sp³-hybridized carbons (Fsp3) is 0.176. The number of aliphatic hydroxyl groups is 1. The summed E-state index contributed by atoms with van der Waals surface area (Å²) in [6.45, 7) is 0.161. The van der Waals surface area contributed by atoms with Gasteiger partial charge in [-0.3, -0.25) is 9.78 Å². The van der Waals surface area contributed by atoms with Crippen LogP contribution in [0, 0.1) is 0 Å². The van der Waals surface area contributed by atoms with Gasteiger partial charge in [-0.1, -0.05) is 35.9 Å². The van der Waals surface area contributed by atoms with Crippen LogP contribution in [-0.2, 0) is 11.4 Å². The molecule has 0 aliphatic rings. The minimum atomic E-state index is -0.462. The summed E-state index contributed by atoms with van der Waals surface area (Å²) in [6.07, 6.45) is 3.29. The second kappa shape index (κ2) is 7.27. The summed E-state index contributed by atoms with van der Waals surface area (Å²) in [5.74, 6) is -0.638. The van der Waals surface area contributed by atoms with Crippen molar-refractivity contribution in [3.05, 3.63) is 58.9 Å². The van der Waals surface area contributed by atoms with Crippen molar-refractivity contribution in [3.63, 3.8) is 0 Å². The maximum atomic E-state index is 12.6. The largest absolute Gasteiger partial charge is 0.392 e. The van der Waals surface area contributed by atoms with Gasteiger partial charge in [0.05, 0.1) is 27.2 Å². The minimum absolute atomic E-state index is 0.0314. The maximum Gasteiger partial charge on any atom is 0.233 e. The summed E-state index contributed by atoms with van der Waals surface area (Å²) < 4.78 is 0.911. The van der Waals surface area contributed by atoms with Crippen LogP contribution in [0.2, 0.25) is 5.02 Å². The Bertz CT molecular complexity index is 864. The predicted octanol–water partition coefficient (Wildman–Crippen LogP) is 3.12. The quantitative estimate of drug-likeness (QED) is 0.651. The number of nitrogens with two attached hydrogens (primary N) is 1. The van der Waals surface area contributed by atoms with Crippen LogP contribution in [0.25, 0.3) is 10.1 Å². The molecule has 7 heteroatoms. The van der Waals surface area contributed by atoms with Gasteiger partial charge in [-0.25, -0.2) is 0 Å². The molecule has 5 nitrogen and oxygen atoms in total. The first-order valence-electron chi connectivity index (χ1n) is 7.36. The second-order valence-corrected chi connectivity index (χ2v) is 6.81. The van der Waals surface area contributed by atoms with Crippen molar-refractivity contribution in [1.29, 1.82) is 0 Å². The predicted molar refractivity (Wildman–Crippen MR) is 97.4 cm³/mol. The Hall–Kier alpha value is -1.99. The first kappa shape index (κ1) is 16.9. The van der Waals surface area contributed by atoms with Gasteiger partial charge in [0.25, 0.3) is 0 Å². The molecule has 124 valence electrons.